The second-order valence-electron chi connectivity index (χ2n) is 8.27. The highest BCUT2D eigenvalue weighted by Crippen LogP contribution is 2.19. The third kappa shape index (κ3) is 6.67. The van der Waals surface area contributed by atoms with E-state index in [4.69, 9.17) is 4.74 Å². The summed E-state index contributed by atoms with van der Waals surface area (Å²) < 4.78 is 34.5. The number of benzene rings is 1. The Bertz CT molecular complexity index is 909. The average Bonchev–Trinajstić information content (AvgIpc) is 2.73. The number of rotatable bonds is 7. The number of carbonyl (C=O) groups is 2. The molecule has 2 aliphatic rings. The number of hydrogen-bond donors (Lipinski definition) is 1. The molecule has 2 unspecified atom stereocenters. The van der Waals surface area contributed by atoms with E-state index in [1.807, 2.05) is 45.0 Å². The van der Waals surface area contributed by atoms with E-state index >= 15 is 0 Å². The van der Waals surface area contributed by atoms with Crippen LogP contribution in [-0.2, 0) is 24.5 Å². The Balaban J connectivity index is 1.41. The van der Waals surface area contributed by atoms with Crippen LogP contribution in [0.3, 0.4) is 0 Å². The number of aryl methyl sites for hydroxylation is 1. The van der Waals surface area contributed by atoms with Gasteiger partial charge >= 0.3 is 0 Å². The predicted octanol–water partition coefficient (Wildman–Crippen LogP) is 1.16. The predicted molar refractivity (Wildman–Crippen MR) is 126 cm³/mol. The summed E-state index contributed by atoms with van der Waals surface area (Å²) in [6, 6.07) is 7.55. The SMILES string of the molecule is Cc1cccc(NC(=O)CSCC(=O)N2CCN(S(=O)(=O)N3CC(C)OC(C)C3)CC2)c1. The van der Waals surface area contributed by atoms with Crippen molar-refractivity contribution in [3.63, 3.8) is 0 Å². The monoisotopic (exact) mass is 484 g/mol. The Morgan fingerprint density at radius 3 is 2.34 bits per heavy atom. The first-order chi connectivity index (χ1) is 15.1. The van der Waals surface area contributed by atoms with Crippen LogP contribution in [0.2, 0.25) is 0 Å². The Labute approximate surface area is 194 Å². The van der Waals surface area contributed by atoms with E-state index in [-0.39, 0.29) is 48.6 Å². The molecule has 2 amide bonds. The molecule has 1 aromatic carbocycles. The number of thioether (sulfide) groups is 1. The molecule has 9 nitrogen and oxygen atoms in total. The van der Waals surface area contributed by atoms with Crippen LogP contribution in [-0.4, -0.2) is 96.7 Å². The van der Waals surface area contributed by atoms with E-state index in [1.165, 1.54) is 20.4 Å². The third-order valence-corrected chi connectivity index (χ3v) is 8.28. The molecule has 11 heteroatoms. The zero-order chi connectivity index (χ0) is 23.3. The van der Waals surface area contributed by atoms with Crippen LogP contribution in [0.1, 0.15) is 19.4 Å². The molecule has 0 spiro atoms. The van der Waals surface area contributed by atoms with E-state index in [2.05, 4.69) is 5.32 Å². The van der Waals surface area contributed by atoms with Crippen molar-refractivity contribution in [2.45, 2.75) is 33.0 Å². The van der Waals surface area contributed by atoms with E-state index in [0.29, 0.717) is 26.2 Å². The van der Waals surface area contributed by atoms with Gasteiger partial charge in [0.05, 0.1) is 23.7 Å². The van der Waals surface area contributed by atoms with Crippen molar-refractivity contribution in [2.75, 3.05) is 56.1 Å². The van der Waals surface area contributed by atoms with Crippen LogP contribution in [0.25, 0.3) is 0 Å². The minimum atomic E-state index is -3.57. The van der Waals surface area contributed by atoms with Gasteiger partial charge in [-0.05, 0) is 38.5 Å². The fourth-order valence-corrected chi connectivity index (χ4v) is 6.36. The Morgan fingerprint density at radius 1 is 1.06 bits per heavy atom. The highest BCUT2D eigenvalue weighted by molar-refractivity contribution is 8.00. The molecule has 32 heavy (non-hydrogen) atoms. The number of anilines is 1. The Kier molecular flexibility index (Phi) is 8.56. The van der Waals surface area contributed by atoms with Crippen molar-refractivity contribution >= 4 is 39.5 Å². The zero-order valence-electron chi connectivity index (χ0n) is 18.8. The second kappa shape index (κ2) is 11.0. The lowest BCUT2D eigenvalue weighted by Crippen LogP contribution is -2.57. The molecule has 1 aromatic rings. The second-order valence-corrected chi connectivity index (χ2v) is 11.2. The van der Waals surface area contributed by atoms with Gasteiger partial charge in [0.2, 0.25) is 11.8 Å². The molecule has 2 saturated heterocycles. The lowest BCUT2D eigenvalue weighted by molar-refractivity contribution is -0.129. The Hall–Kier alpha value is -1.66. The number of amides is 2. The Morgan fingerprint density at radius 2 is 1.72 bits per heavy atom. The number of carbonyl (C=O) groups excluding carboxylic acids is 2. The maximum atomic E-state index is 13.0. The normalized spacial score (nSPS) is 23.2. The van der Waals surface area contributed by atoms with Gasteiger partial charge in [-0.3, -0.25) is 9.59 Å². The van der Waals surface area contributed by atoms with Gasteiger partial charge in [-0.25, -0.2) is 0 Å². The summed E-state index contributed by atoms with van der Waals surface area (Å²) in [6.07, 6.45) is -0.284. The van der Waals surface area contributed by atoms with Crippen LogP contribution in [0.5, 0.6) is 0 Å². The van der Waals surface area contributed by atoms with E-state index in [9.17, 15) is 18.0 Å². The van der Waals surface area contributed by atoms with Crippen molar-refractivity contribution < 1.29 is 22.7 Å². The van der Waals surface area contributed by atoms with Crippen LogP contribution >= 0.6 is 11.8 Å². The van der Waals surface area contributed by atoms with Gasteiger partial charge in [-0.2, -0.15) is 17.0 Å². The van der Waals surface area contributed by atoms with Crippen molar-refractivity contribution in [3.05, 3.63) is 29.8 Å². The van der Waals surface area contributed by atoms with Gasteiger partial charge in [-0.15, -0.1) is 11.8 Å². The highest BCUT2D eigenvalue weighted by atomic mass is 32.2. The molecule has 0 aromatic heterocycles. The van der Waals surface area contributed by atoms with Crippen LogP contribution in [0.15, 0.2) is 24.3 Å². The topological polar surface area (TPSA) is 99.3 Å². The summed E-state index contributed by atoms with van der Waals surface area (Å²) in [5, 5.41) is 2.82. The molecule has 178 valence electrons. The number of hydrogen-bond acceptors (Lipinski definition) is 6. The maximum Gasteiger partial charge on any atom is 0.282 e. The molecule has 2 aliphatic heterocycles. The standard InChI is InChI=1S/C21H32N4O5S2/c1-16-5-4-6-19(11-16)22-20(26)14-31-15-21(27)23-7-9-24(10-8-23)32(28,29)25-12-17(2)30-18(3)13-25/h4-6,11,17-18H,7-10,12-15H2,1-3H3,(H,22,26). The number of morpholine rings is 1. The first-order valence-corrected chi connectivity index (χ1v) is 13.3. The van der Waals surface area contributed by atoms with Gasteiger partial charge in [0.25, 0.3) is 10.2 Å². The molecule has 0 aliphatic carbocycles. The van der Waals surface area contributed by atoms with Crippen molar-refractivity contribution in [3.8, 4) is 0 Å². The number of nitrogens with zero attached hydrogens (tertiary/aromatic N) is 3. The molecule has 2 atom stereocenters. The molecule has 2 heterocycles. The summed E-state index contributed by atoms with van der Waals surface area (Å²) in [5.74, 6) is 0.135. The fourth-order valence-electron chi connectivity index (χ4n) is 3.89. The van der Waals surface area contributed by atoms with E-state index in [1.54, 1.807) is 4.90 Å². The molecule has 2 fully saturated rings. The molecular formula is C21H32N4O5S2. The first kappa shape index (κ1) is 25.0. The summed E-state index contributed by atoms with van der Waals surface area (Å²) in [7, 11) is -3.57. The van der Waals surface area contributed by atoms with E-state index < -0.39 is 10.2 Å². The molecule has 0 radical (unpaired) electrons. The summed E-state index contributed by atoms with van der Waals surface area (Å²) in [4.78, 5) is 26.3. The highest BCUT2D eigenvalue weighted by Gasteiger charge is 2.37. The van der Waals surface area contributed by atoms with Gasteiger partial charge in [0, 0.05) is 45.0 Å². The fraction of sp³-hybridized carbons (Fsp3) is 0.619. The summed E-state index contributed by atoms with van der Waals surface area (Å²) in [6.45, 7) is 7.62. The molecule has 1 N–H and O–H groups in total. The minimum Gasteiger partial charge on any atom is -0.373 e. The number of nitrogens with one attached hydrogen (secondary N) is 1. The van der Waals surface area contributed by atoms with Crippen molar-refractivity contribution in [1.29, 1.82) is 0 Å². The van der Waals surface area contributed by atoms with Gasteiger partial charge < -0.3 is 15.0 Å². The minimum absolute atomic E-state index is 0.0796. The molecular weight excluding hydrogens is 452 g/mol. The number of ether oxygens (including phenoxy) is 1. The largest absolute Gasteiger partial charge is 0.373 e. The first-order valence-electron chi connectivity index (χ1n) is 10.8. The summed E-state index contributed by atoms with van der Waals surface area (Å²) in [5.41, 5.74) is 1.80. The maximum absolute atomic E-state index is 13.0. The van der Waals surface area contributed by atoms with E-state index in [0.717, 1.165) is 11.3 Å². The van der Waals surface area contributed by atoms with Gasteiger partial charge in [0.15, 0.2) is 0 Å². The van der Waals surface area contributed by atoms with Crippen LogP contribution < -0.4 is 5.32 Å². The number of piperazine rings is 1. The van der Waals surface area contributed by atoms with Crippen LogP contribution in [0.4, 0.5) is 5.69 Å². The quantitative estimate of drug-likeness (QED) is 0.624. The van der Waals surface area contributed by atoms with Crippen molar-refractivity contribution in [1.82, 2.24) is 13.5 Å². The third-order valence-electron chi connectivity index (χ3n) is 5.39. The molecule has 0 saturated carbocycles. The van der Waals surface area contributed by atoms with Gasteiger partial charge in [0.1, 0.15) is 0 Å². The molecule has 0 bridgehead atoms. The molecule has 3 rings (SSSR count). The average molecular weight is 485 g/mol. The summed E-state index contributed by atoms with van der Waals surface area (Å²) >= 11 is 1.26. The van der Waals surface area contributed by atoms with Crippen LogP contribution in [0, 0.1) is 6.92 Å². The lowest BCUT2D eigenvalue weighted by Gasteiger charge is -2.40. The van der Waals surface area contributed by atoms with Gasteiger partial charge in [-0.1, -0.05) is 12.1 Å². The zero-order valence-corrected chi connectivity index (χ0v) is 20.5. The van der Waals surface area contributed by atoms with Crippen molar-refractivity contribution in [2.24, 2.45) is 0 Å². The lowest BCUT2D eigenvalue weighted by atomic mass is 10.2. The smallest absolute Gasteiger partial charge is 0.282 e.